The van der Waals surface area contributed by atoms with E-state index in [0.717, 1.165) is 30.3 Å². The molecule has 4 rings (SSSR count). The quantitative estimate of drug-likeness (QED) is 0.779. The summed E-state index contributed by atoms with van der Waals surface area (Å²) in [6, 6.07) is 17.9. The number of para-hydroxylation sites is 3. The Hall–Kier alpha value is -2.79. The van der Waals surface area contributed by atoms with Gasteiger partial charge in [0.05, 0.1) is 11.9 Å². The number of benzene rings is 2. The lowest BCUT2D eigenvalue weighted by atomic mass is 10.2. The van der Waals surface area contributed by atoms with Crippen molar-refractivity contribution in [2.24, 2.45) is 0 Å². The number of fused-ring (bicyclic) bond motifs is 1. The number of hydrogen-bond donors (Lipinski definition) is 1. The number of rotatable bonds is 5. The van der Waals surface area contributed by atoms with E-state index in [1.165, 1.54) is 5.56 Å². The van der Waals surface area contributed by atoms with Crippen LogP contribution in [0.4, 0.5) is 0 Å². The summed E-state index contributed by atoms with van der Waals surface area (Å²) in [6.45, 7) is 2.32. The highest BCUT2D eigenvalue weighted by Crippen LogP contribution is 2.30. The molecular weight excluding hydrogens is 302 g/mol. The Morgan fingerprint density at radius 2 is 1.83 bits per heavy atom. The van der Waals surface area contributed by atoms with E-state index in [9.17, 15) is 0 Å². The first-order valence-corrected chi connectivity index (χ1v) is 8.17. The van der Waals surface area contributed by atoms with E-state index < -0.39 is 0 Å². The molecular formula is C19H20N3O2+. The highest BCUT2D eigenvalue weighted by molar-refractivity contribution is 5.40. The molecule has 0 bridgehead atoms. The monoisotopic (exact) mass is 322 g/mol. The summed E-state index contributed by atoms with van der Waals surface area (Å²) >= 11 is 0. The van der Waals surface area contributed by atoms with Gasteiger partial charge in [-0.2, -0.15) is 5.10 Å². The Bertz CT molecular complexity index is 801. The number of nitrogens with zero attached hydrogens (tertiary/aromatic N) is 2. The Morgan fingerprint density at radius 3 is 2.71 bits per heavy atom. The van der Waals surface area contributed by atoms with Crippen molar-refractivity contribution in [3.05, 3.63) is 72.6 Å². The Balaban J connectivity index is 1.30. The topological polar surface area (TPSA) is 52.9 Å². The third-order valence-corrected chi connectivity index (χ3v) is 4.03. The average Bonchev–Trinajstić information content (AvgIpc) is 3.11. The second-order valence-electron chi connectivity index (χ2n) is 5.85. The lowest BCUT2D eigenvalue weighted by Crippen LogP contribution is -2.85. The van der Waals surface area contributed by atoms with Crippen molar-refractivity contribution in [2.75, 3.05) is 13.2 Å². The van der Waals surface area contributed by atoms with Gasteiger partial charge in [-0.15, -0.1) is 0 Å². The number of nitrogens with two attached hydrogens (primary N) is 1. The van der Waals surface area contributed by atoms with Crippen LogP contribution in [-0.2, 0) is 6.54 Å². The second-order valence-corrected chi connectivity index (χ2v) is 5.85. The number of quaternary nitrogens is 1. The van der Waals surface area contributed by atoms with E-state index in [4.69, 9.17) is 9.47 Å². The Kier molecular flexibility index (Phi) is 4.16. The van der Waals surface area contributed by atoms with Gasteiger partial charge in [0.2, 0.25) is 0 Å². The second kappa shape index (κ2) is 6.76. The van der Waals surface area contributed by atoms with Gasteiger partial charge in [-0.1, -0.05) is 30.3 Å². The first-order chi connectivity index (χ1) is 11.9. The minimum atomic E-state index is 0.0732. The molecule has 2 N–H and O–H groups in total. The van der Waals surface area contributed by atoms with E-state index in [-0.39, 0.29) is 6.10 Å². The van der Waals surface area contributed by atoms with E-state index in [0.29, 0.717) is 6.61 Å². The number of aromatic nitrogens is 2. The summed E-state index contributed by atoms with van der Waals surface area (Å²) < 4.78 is 13.6. The SMILES string of the molecule is c1ccc(-n2cc(C[NH2+]C[C@@H]3COc4ccccc4O3)cn2)cc1. The van der Waals surface area contributed by atoms with E-state index in [1.54, 1.807) is 0 Å². The molecule has 0 aliphatic carbocycles. The minimum Gasteiger partial charge on any atom is -0.486 e. The molecule has 1 aliphatic rings. The van der Waals surface area contributed by atoms with Crippen LogP contribution in [-0.4, -0.2) is 29.0 Å². The minimum absolute atomic E-state index is 0.0732. The average molecular weight is 322 g/mol. The molecule has 0 spiro atoms. The molecule has 1 aromatic heterocycles. The van der Waals surface area contributed by atoms with Crippen molar-refractivity contribution in [1.29, 1.82) is 0 Å². The molecule has 2 heterocycles. The maximum Gasteiger partial charge on any atom is 0.181 e. The fraction of sp³-hybridized carbons (Fsp3) is 0.211. The maximum atomic E-state index is 5.97. The van der Waals surface area contributed by atoms with Crippen molar-refractivity contribution in [3.63, 3.8) is 0 Å². The summed E-state index contributed by atoms with van der Waals surface area (Å²) in [4.78, 5) is 0. The maximum absolute atomic E-state index is 5.97. The lowest BCUT2D eigenvalue weighted by molar-refractivity contribution is -0.676. The number of hydrogen-bond acceptors (Lipinski definition) is 3. The number of ether oxygens (including phenoxy) is 2. The summed E-state index contributed by atoms with van der Waals surface area (Å²) in [5.74, 6) is 1.66. The van der Waals surface area contributed by atoms with Crippen molar-refractivity contribution in [2.45, 2.75) is 12.6 Å². The van der Waals surface area contributed by atoms with Gasteiger partial charge in [-0.05, 0) is 24.3 Å². The molecule has 0 saturated heterocycles. The van der Waals surface area contributed by atoms with Crippen LogP contribution in [0.2, 0.25) is 0 Å². The highest BCUT2D eigenvalue weighted by Gasteiger charge is 2.21. The summed E-state index contributed by atoms with van der Waals surface area (Å²) in [5, 5.41) is 6.65. The van der Waals surface area contributed by atoms with Gasteiger partial charge in [-0.3, -0.25) is 0 Å². The first kappa shape index (κ1) is 14.8. The van der Waals surface area contributed by atoms with E-state index in [2.05, 4.69) is 16.6 Å². The molecule has 2 aromatic carbocycles. The Labute approximate surface area is 140 Å². The fourth-order valence-corrected chi connectivity index (χ4v) is 2.80. The van der Waals surface area contributed by atoms with Crippen LogP contribution >= 0.6 is 0 Å². The predicted octanol–water partition coefficient (Wildman–Crippen LogP) is 1.78. The van der Waals surface area contributed by atoms with Gasteiger partial charge in [0, 0.05) is 11.8 Å². The molecule has 0 saturated carbocycles. The Morgan fingerprint density at radius 1 is 1.04 bits per heavy atom. The van der Waals surface area contributed by atoms with Crippen LogP contribution in [0.3, 0.4) is 0 Å². The van der Waals surface area contributed by atoms with Crippen LogP contribution in [0.5, 0.6) is 11.5 Å². The molecule has 1 aliphatic heterocycles. The summed E-state index contributed by atoms with van der Waals surface area (Å²) in [6.07, 6.45) is 4.06. The van der Waals surface area contributed by atoms with Crippen LogP contribution in [0.1, 0.15) is 5.56 Å². The zero-order chi connectivity index (χ0) is 16.2. The molecule has 5 heteroatoms. The normalized spacial score (nSPS) is 16.1. The zero-order valence-corrected chi connectivity index (χ0v) is 13.3. The summed E-state index contributed by atoms with van der Waals surface area (Å²) in [7, 11) is 0. The van der Waals surface area contributed by atoms with Gasteiger partial charge < -0.3 is 14.8 Å². The first-order valence-electron chi connectivity index (χ1n) is 8.17. The molecule has 1 atom stereocenters. The van der Waals surface area contributed by atoms with Gasteiger partial charge in [0.15, 0.2) is 17.6 Å². The molecule has 24 heavy (non-hydrogen) atoms. The molecule has 0 unspecified atom stereocenters. The smallest absolute Gasteiger partial charge is 0.181 e. The van der Waals surface area contributed by atoms with Crippen LogP contribution in [0.25, 0.3) is 5.69 Å². The molecule has 3 aromatic rings. The zero-order valence-electron chi connectivity index (χ0n) is 13.3. The van der Waals surface area contributed by atoms with Crippen LogP contribution in [0.15, 0.2) is 67.0 Å². The van der Waals surface area contributed by atoms with Crippen molar-refractivity contribution in [1.82, 2.24) is 9.78 Å². The van der Waals surface area contributed by atoms with Crippen molar-refractivity contribution >= 4 is 0 Å². The highest BCUT2D eigenvalue weighted by atomic mass is 16.6. The molecule has 0 amide bonds. The van der Waals surface area contributed by atoms with E-state index in [1.807, 2.05) is 65.5 Å². The standard InChI is InChI=1S/C19H19N3O2/c1-2-6-16(7-3-1)22-13-15(11-21-22)10-20-12-17-14-23-18-8-4-5-9-19(18)24-17/h1-9,11,13,17,20H,10,12,14H2/p+1/t17-/m1/s1. The van der Waals surface area contributed by atoms with Crippen molar-refractivity contribution < 1.29 is 14.8 Å². The fourth-order valence-electron chi connectivity index (χ4n) is 2.80. The lowest BCUT2D eigenvalue weighted by Gasteiger charge is -2.25. The summed E-state index contributed by atoms with van der Waals surface area (Å²) in [5.41, 5.74) is 2.26. The van der Waals surface area contributed by atoms with E-state index >= 15 is 0 Å². The molecule has 122 valence electrons. The third-order valence-electron chi connectivity index (χ3n) is 4.03. The van der Waals surface area contributed by atoms with Crippen molar-refractivity contribution in [3.8, 4) is 17.2 Å². The third kappa shape index (κ3) is 3.26. The van der Waals surface area contributed by atoms with Gasteiger partial charge in [0.1, 0.15) is 19.7 Å². The van der Waals surface area contributed by atoms with Crippen LogP contribution < -0.4 is 14.8 Å². The van der Waals surface area contributed by atoms with Gasteiger partial charge in [0.25, 0.3) is 0 Å². The van der Waals surface area contributed by atoms with Gasteiger partial charge >= 0.3 is 0 Å². The predicted molar refractivity (Wildman–Crippen MR) is 90.4 cm³/mol. The molecule has 0 fully saturated rings. The van der Waals surface area contributed by atoms with Crippen LogP contribution in [0, 0.1) is 0 Å². The molecule has 0 radical (unpaired) electrons. The van der Waals surface area contributed by atoms with Gasteiger partial charge in [-0.25, -0.2) is 4.68 Å². The largest absolute Gasteiger partial charge is 0.486 e. The molecule has 5 nitrogen and oxygen atoms in total.